The summed E-state index contributed by atoms with van der Waals surface area (Å²) >= 11 is 0. The normalized spacial score (nSPS) is 11.2. The molecule has 2 N–H and O–H groups in total. The Kier molecular flexibility index (Phi) is 5.43. The number of benzene rings is 3. The lowest BCUT2D eigenvalue weighted by atomic mass is 9.90. The van der Waals surface area contributed by atoms with E-state index < -0.39 is 11.8 Å². The number of carbonyl (C=O) groups is 1. The summed E-state index contributed by atoms with van der Waals surface area (Å²) in [4.78, 5) is 12.1. The number of halogens is 1. The number of hydroxylamine groups is 1. The summed E-state index contributed by atoms with van der Waals surface area (Å²) in [7, 11) is 0. The van der Waals surface area contributed by atoms with Crippen molar-refractivity contribution in [1.29, 1.82) is 0 Å². The van der Waals surface area contributed by atoms with Gasteiger partial charge < -0.3 is 0 Å². The molecule has 0 aromatic heterocycles. The minimum absolute atomic E-state index is 0.332. The van der Waals surface area contributed by atoms with Crippen molar-refractivity contribution < 1.29 is 14.4 Å². The van der Waals surface area contributed by atoms with Crippen LogP contribution >= 0.6 is 0 Å². The van der Waals surface area contributed by atoms with Crippen molar-refractivity contribution in [2.45, 2.75) is 5.92 Å². The SMILES string of the molecule is O=C(NO)C(c1ccccc1)c1ccc(C#Cc2ccccc2F)cc1. The highest BCUT2D eigenvalue weighted by Crippen LogP contribution is 2.25. The second kappa shape index (κ2) is 8.11. The molecule has 128 valence electrons. The van der Waals surface area contributed by atoms with Crippen molar-refractivity contribution in [2.24, 2.45) is 0 Å². The molecule has 3 aromatic carbocycles. The minimum Gasteiger partial charge on any atom is -0.289 e. The number of carbonyl (C=O) groups excluding carboxylic acids is 1. The molecular weight excluding hydrogens is 329 g/mol. The third-order valence-corrected chi connectivity index (χ3v) is 3.96. The van der Waals surface area contributed by atoms with E-state index in [0.717, 1.165) is 11.1 Å². The average molecular weight is 345 g/mol. The first-order valence-electron chi connectivity index (χ1n) is 8.04. The van der Waals surface area contributed by atoms with Gasteiger partial charge in [0.1, 0.15) is 5.82 Å². The third kappa shape index (κ3) is 3.97. The molecule has 0 fully saturated rings. The molecule has 3 aromatic rings. The molecule has 0 heterocycles. The van der Waals surface area contributed by atoms with Crippen LogP contribution in [-0.4, -0.2) is 11.1 Å². The molecule has 26 heavy (non-hydrogen) atoms. The molecule has 4 heteroatoms. The van der Waals surface area contributed by atoms with Gasteiger partial charge >= 0.3 is 0 Å². The van der Waals surface area contributed by atoms with Gasteiger partial charge in [0, 0.05) is 5.56 Å². The van der Waals surface area contributed by atoms with E-state index >= 15 is 0 Å². The van der Waals surface area contributed by atoms with Crippen LogP contribution in [0.4, 0.5) is 4.39 Å². The van der Waals surface area contributed by atoms with Gasteiger partial charge in [-0.1, -0.05) is 66.4 Å². The van der Waals surface area contributed by atoms with E-state index in [1.54, 1.807) is 47.9 Å². The van der Waals surface area contributed by atoms with E-state index in [9.17, 15) is 9.18 Å². The topological polar surface area (TPSA) is 49.3 Å². The Hall–Kier alpha value is -3.42. The first-order valence-corrected chi connectivity index (χ1v) is 8.04. The second-order valence-corrected chi connectivity index (χ2v) is 5.67. The Balaban J connectivity index is 1.88. The lowest BCUT2D eigenvalue weighted by molar-refractivity contribution is -0.129. The first kappa shape index (κ1) is 17.4. The number of amides is 1. The second-order valence-electron chi connectivity index (χ2n) is 5.67. The molecule has 1 atom stereocenters. The van der Waals surface area contributed by atoms with Crippen LogP contribution in [0.1, 0.15) is 28.2 Å². The summed E-state index contributed by atoms with van der Waals surface area (Å²) in [6, 6.07) is 22.6. The molecular formula is C22H16FNO2. The summed E-state index contributed by atoms with van der Waals surface area (Å²) in [6.45, 7) is 0. The van der Waals surface area contributed by atoms with E-state index in [1.165, 1.54) is 6.07 Å². The standard InChI is InChI=1S/C22H16FNO2/c23-20-9-5-4-6-17(20)13-10-16-11-14-19(15-12-16)21(22(25)24-26)18-7-2-1-3-8-18/h1-9,11-12,14-15,21,26H,(H,24,25). The monoisotopic (exact) mass is 345 g/mol. The van der Waals surface area contributed by atoms with Crippen LogP contribution in [-0.2, 0) is 4.79 Å². The van der Waals surface area contributed by atoms with Gasteiger partial charge in [-0.25, -0.2) is 9.87 Å². The van der Waals surface area contributed by atoms with Crippen LogP contribution < -0.4 is 5.48 Å². The quantitative estimate of drug-likeness (QED) is 0.430. The van der Waals surface area contributed by atoms with Crippen LogP contribution in [0.5, 0.6) is 0 Å². The number of hydrogen-bond acceptors (Lipinski definition) is 2. The Morgan fingerprint density at radius 3 is 2.12 bits per heavy atom. The maximum absolute atomic E-state index is 13.6. The van der Waals surface area contributed by atoms with E-state index in [1.807, 2.05) is 30.3 Å². The Morgan fingerprint density at radius 2 is 1.46 bits per heavy atom. The highest BCUT2D eigenvalue weighted by molar-refractivity contribution is 5.86. The Bertz CT molecular complexity index is 957. The van der Waals surface area contributed by atoms with Crippen LogP contribution in [0.15, 0.2) is 78.9 Å². The molecule has 3 nitrogen and oxygen atoms in total. The van der Waals surface area contributed by atoms with Crippen molar-refractivity contribution in [3.05, 3.63) is 107 Å². The van der Waals surface area contributed by atoms with Crippen LogP contribution in [0, 0.1) is 17.7 Å². The summed E-state index contributed by atoms with van der Waals surface area (Å²) in [5.74, 6) is 4.21. The van der Waals surface area contributed by atoms with Crippen LogP contribution in [0.2, 0.25) is 0 Å². The molecule has 3 rings (SSSR count). The maximum atomic E-state index is 13.6. The van der Waals surface area contributed by atoms with Crippen LogP contribution in [0.25, 0.3) is 0 Å². The molecule has 1 amide bonds. The fourth-order valence-electron chi connectivity index (χ4n) is 2.67. The first-order chi connectivity index (χ1) is 12.7. The lowest BCUT2D eigenvalue weighted by Gasteiger charge is -2.15. The summed E-state index contributed by atoms with van der Waals surface area (Å²) in [5, 5.41) is 9.06. The molecule has 0 radical (unpaired) electrons. The zero-order chi connectivity index (χ0) is 18.4. The molecule has 0 aliphatic carbocycles. The van der Waals surface area contributed by atoms with Gasteiger partial charge in [-0.05, 0) is 35.4 Å². The van der Waals surface area contributed by atoms with Crippen molar-refractivity contribution in [3.63, 3.8) is 0 Å². The predicted octanol–water partition coefficient (Wildman–Crippen LogP) is 3.86. The van der Waals surface area contributed by atoms with Gasteiger partial charge in [-0.3, -0.25) is 10.0 Å². The Morgan fingerprint density at radius 1 is 0.846 bits per heavy atom. The van der Waals surface area contributed by atoms with Gasteiger partial charge in [-0.15, -0.1) is 0 Å². The zero-order valence-electron chi connectivity index (χ0n) is 13.8. The zero-order valence-corrected chi connectivity index (χ0v) is 13.8. The van der Waals surface area contributed by atoms with Crippen molar-refractivity contribution in [1.82, 2.24) is 5.48 Å². The molecule has 0 spiro atoms. The highest BCUT2D eigenvalue weighted by atomic mass is 19.1. The fraction of sp³-hybridized carbons (Fsp3) is 0.0455. The minimum atomic E-state index is -0.630. The van der Waals surface area contributed by atoms with E-state index in [-0.39, 0.29) is 5.82 Å². The predicted molar refractivity (Wildman–Crippen MR) is 97.0 cm³/mol. The van der Waals surface area contributed by atoms with Crippen LogP contribution in [0.3, 0.4) is 0 Å². The smallest absolute Gasteiger partial charge is 0.255 e. The summed E-state index contributed by atoms with van der Waals surface area (Å²) < 4.78 is 13.6. The average Bonchev–Trinajstić information content (AvgIpc) is 2.69. The molecule has 0 saturated carbocycles. The number of rotatable bonds is 3. The summed E-state index contributed by atoms with van der Waals surface area (Å²) in [5.41, 5.74) is 4.24. The van der Waals surface area contributed by atoms with Crippen molar-refractivity contribution >= 4 is 5.91 Å². The van der Waals surface area contributed by atoms with Gasteiger partial charge in [0.2, 0.25) is 0 Å². The third-order valence-electron chi connectivity index (χ3n) is 3.96. The largest absolute Gasteiger partial charge is 0.289 e. The van der Waals surface area contributed by atoms with E-state index in [4.69, 9.17) is 5.21 Å². The highest BCUT2D eigenvalue weighted by Gasteiger charge is 2.22. The van der Waals surface area contributed by atoms with Gasteiger partial charge in [-0.2, -0.15) is 0 Å². The maximum Gasteiger partial charge on any atom is 0.255 e. The molecule has 0 bridgehead atoms. The molecule has 0 aliphatic rings. The van der Waals surface area contributed by atoms with Gasteiger partial charge in [0.15, 0.2) is 0 Å². The van der Waals surface area contributed by atoms with Gasteiger partial charge in [0.05, 0.1) is 11.5 Å². The lowest BCUT2D eigenvalue weighted by Crippen LogP contribution is -2.27. The van der Waals surface area contributed by atoms with E-state index in [0.29, 0.717) is 11.1 Å². The Labute approximate surface area is 151 Å². The number of nitrogens with one attached hydrogen (secondary N) is 1. The molecule has 1 unspecified atom stereocenters. The van der Waals surface area contributed by atoms with Gasteiger partial charge in [0.25, 0.3) is 5.91 Å². The molecule has 0 aliphatic heterocycles. The molecule has 0 saturated heterocycles. The van der Waals surface area contributed by atoms with Crippen molar-refractivity contribution in [2.75, 3.05) is 0 Å². The van der Waals surface area contributed by atoms with E-state index in [2.05, 4.69) is 11.8 Å². The van der Waals surface area contributed by atoms with Crippen molar-refractivity contribution in [3.8, 4) is 11.8 Å². The fourth-order valence-corrected chi connectivity index (χ4v) is 2.67. The number of hydrogen-bond donors (Lipinski definition) is 2. The summed E-state index contributed by atoms with van der Waals surface area (Å²) in [6.07, 6.45) is 0.